The fourth-order valence-electron chi connectivity index (χ4n) is 1.85. The minimum absolute atomic E-state index is 0.0285. The predicted molar refractivity (Wildman–Crippen MR) is 77.9 cm³/mol. The first-order valence-electron chi connectivity index (χ1n) is 6.86. The molecule has 20 heavy (non-hydrogen) atoms. The lowest BCUT2D eigenvalue weighted by atomic mass is 10.1. The molecule has 1 aromatic heterocycles. The van der Waals surface area contributed by atoms with Crippen LogP contribution in [0.25, 0.3) is 0 Å². The molecule has 0 saturated heterocycles. The number of carbonyl (C=O) groups is 1. The van der Waals surface area contributed by atoms with Crippen molar-refractivity contribution in [1.82, 2.24) is 9.88 Å². The molecule has 5 heteroatoms. The van der Waals surface area contributed by atoms with Crippen molar-refractivity contribution in [2.45, 2.75) is 46.3 Å². The van der Waals surface area contributed by atoms with E-state index in [4.69, 9.17) is 4.74 Å². The van der Waals surface area contributed by atoms with E-state index < -0.39 is 5.60 Å². The van der Waals surface area contributed by atoms with Gasteiger partial charge in [0.1, 0.15) is 5.75 Å². The maximum absolute atomic E-state index is 12.4. The molecule has 0 spiro atoms. The van der Waals surface area contributed by atoms with Crippen LogP contribution in [-0.4, -0.2) is 45.7 Å². The highest BCUT2D eigenvalue weighted by molar-refractivity contribution is 5.94. The quantitative estimate of drug-likeness (QED) is 0.867. The first-order valence-corrected chi connectivity index (χ1v) is 6.86. The second-order valence-electron chi connectivity index (χ2n) is 5.71. The average Bonchev–Trinajstić information content (AvgIpc) is 2.33. The second-order valence-corrected chi connectivity index (χ2v) is 5.71. The molecule has 5 nitrogen and oxygen atoms in total. The van der Waals surface area contributed by atoms with E-state index >= 15 is 0 Å². The van der Waals surface area contributed by atoms with Crippen molar-refractivity contribution >= 4 is 5.91 Å². The molecule has 112 valence electrons. The molecule has 0 aromatic carbocycles. The molecule has 0 bridgehead atoms. The molecule has 1 heterocycles. The van der Waals surface area contributed by atoms with Crippen LogP contribution in [0.5, 0.6) is 5.75 Å². The lowest BCUT2D eigenvalue weighted by Crippen LogP contribution is -2.42. The maximum Gasteiger partial charge on any atom is 0.255 e. The van der Waals surface area contributed by atoms with Crippen LogP contribution in [0.1, 0.15) is 45.0 Å². The molecule has 0 unspecified atom stereocenters. The normalized spacial score (nSPS) is 11.6. The van der Waals surface area contributed by atoms with Gasteiger partial charge in [0, 0.05) is 19.3 Å². The van der Waals surface area contributed by atoms with Gasteiger partial charge in [-0.3, -0.25) is 9.78 Å². The summed E-state index contributed by atoms with van der Waals surface area (Å²) >= 11 is 0. The fraction of sp³-hybridized carbons (Fsp3) is 0.600. The number of likely N-dealkylation sites (N-methyl/N-ethyl adjacent to an activating group) is 1. The van der Waals surface area contributed by atoms with E-state index in [0.717, 1.165) is 0 Å². The van der Waals surface area contributed by atoms with Gasteiger partial charge in [-0.05, 0) is 40.7 Å². The Morgan fingerprint density at radius 3 is 2.60 bits per heavy atom. The zero-order chi connectivity index (χ0) is 15.3. The van der Waals surface area contributed by atoms with Crippen LogP contribution < -0.4 is 4.74 Å². The molecule has 1 aromatic rings. The molecule has 1 rings (SSSR count). The minimum Gasteiger partial charge on any atom is -0.489 e. The van der Waals surface area contributed by atoms with Gasteiger partial charge in [0.25, 0.3) is 5.91 Å². The Morgan fingerprint density at radius 2 is 2.10 bits per heavy atom. The number of aromatic nitrogens is 1. The number of carbonyl (C=O) groups excluding carboxylic acids is 1. The van der Waals surface area contributed by atoms with Gasteiger partial charge in [-0.25, -0.2) is 0 Å². The average molecular weight is 280 g/mol. The topological polar surface area (TPSA) is 62.7 Å². The summed E-state index contributed by atoms with van der Waals surface area (Å²) < 4.78 is 5.54. The summed E-state index contributed by atoms with van der Waals surface area (Å²) in [5.41, 5.74) is -0.459. The number of rotatable bonds is 6. The zero-order valence-electron chi connectivity index (χ0n) is 12.9. The molecule has 0 atom stereocenters. The van der Waals surface area contributed by atoms with E-state index in [1.807, 2.05) is 20.8 Å². The molecule has 0 fully saturated rings. The number of nitrogens with zero attached hydrogens (tertiary/aromatic N) is 2. The number of hydrogen-bond donors (Lipinski definition) is 1. The molecule has 0 saturated carbocycles. The van der Waals surface area contributed by atoms with Crippen LogP contribution in [0, 0.1) is 0 Å². The Balaban J connectivity index is 2.89. The van der Waals surface area contributed by atoms with Crippen LogP contribution in [-0.2, 0) is 0 Å². The van der Waals surface area contributed by atoms with Gasteiger partial charge in [0.15, 0.2) is 0 Å². The Labute approximate surface area is 120 Å². The number of pyridine rings is 1. The van der Waals surface area contributed by atoms with Gasteiger partial charge in [-0.2, -0.15) is 0 Å². The molecule has 1 N–H and O–H groups in total. The Morgan fingerprint density at radius 1 is 1.45 bits per heavy atom. The van der Waals surface area contributed by atoms with Crippen molar-refractivity contribution in [3.8, 4) is 5.75 Å². The number of aliphatic hydroxyl groups is 1. The Bertz CT molecular complexity index is 453. The molecular weight excluding hydrogens is 256 g/mol. The molecular formula is C15H24N2O3. The Kier molecular flexibility index (Phi) is 5.51. The maximum atomic E-state index is 12.4. The molecule has 0 aliphatic heterocycles. The molecule has 0 radical (unpaired) electrons. The lowest BCUT2D eigenvalue weighted by Gasteiger charge is -2.28. The number of amides is 1. The van der Waals surface area contributed by atoms with Crippen molar-refractivity contribution in [2.24, 2.45) is 0 Å². The summed E-state index contributed by atoms with van der Waals surface area (Å²) in [4.78, 5) is 18.0. The summed E-state index contributed by atoms with van der Waals surface area (Å²) in [6, 6.07) is 1.68. The predicted octanol–water partition coefficient (Wildman–Crippen LogP) is 2.10. The summed E-state index contributed by atoms with van der Waals surface area (Å²) in [5.74, 6) is 0.418. The SMILES string of the molecule is CCN(CC(C)(C)O)C(=O)c1cncc(OC(C)C)c1. The van der Waals surface area contributed by atoms with Crippen LogP contribution in [0.2, 0.25) is 0 Å². The summed E-state index contributed by atoms with van der Waals surface area (Å²) in [5, 5.41) is 9.85. The zero-order valence-corrected chi connectivity index (χ0v) is 12.9. The summed E-state index contributed by atoms with van der Waals surface area (Å²) in [7, 11) is 0. The lowest BCUT2D eigenvalue weighted by molar-refractivity contribution is 0.0314. The van der Waals surface area contributed by atoms with Crippen LogP contribution in [0.15, 0.2) is 18.5 Å². The van der Waals surface area contributed by atoms with Gasteiger partial charge in [-0.15, -0.1) is 0 Å². The van der Waals surface area contributed by atoms with Crippen molar-refractivity contribution in [3.05, 3.63) is 24.0 Å². The highest BCUT2D eigenvalue weighted by atomic mass is 16.5. The second kappa shape index (κ2) is 6.70. The van der Waals surface area contributed by atoms with E-state index in [2.05, 4.69) is 4.98 Å². The summed E-state index contributed by atoms with van der Waals surface area (Å²) in [6.07, 6.45) is 3.13. The van der Waals surface area contributed by atoms with E-state index in [1.165, 1.54) is 6.20 Å². The third-order valence-electron chi connectivity index (χ3n) is 2.58. The Hall–Kier alpha value is -1.62. The first-order chi connectivity index (χ1) is 9.23. The molecule has 0 aliphatic rings. The smallest absolute Gasteiger partial charge is 0.255 e. The third kappa shape index (κ3) is 5.17. The van der Waals surface area contributed by atoms with Crippen molar-refractivity contribution in [3.63, 3.8) is 0 Å². The van der Waals surface area contributed by atoms with Crippen LogP contribution in [0.4, 0.5) is 0 Å². The van der Waals surface area contributed by atoms with Crippen LogP contribution in [0.3, 0.4) is 0 Å². The van der Waals surface area contributed by atoms with Crippen molar-refractivity contribution in [1.29, 1.82) is 0 Å². The largest absolute Gasteiger partial charge is 0.489 e. The van der Waals surface area contributed by atoms with Gasteiger partial charge in [0.2, 0.25) is 0 Å². The van der Waals surface area contributed by atoms with Crippen molar-refractivity contribution in [2.75, 3.05) is 13.1 Å². The molecule has 0 aliphatic carbocycles. The van der Waals surface area contributed by atoms with E-state index in [-0.39, 0.29) is 18.6 Å². The summed E-state index contributed by atoms with van der Waals surface area (Å²) in [6.45, 7) is 9.88. The van der Waals surface area contributed by atoms with Gasteiger partial charge in [0.05, 0.1) is 23.5 Å². The van der Waals surface area contributed by atoms with E-state index in [0.29, 0.717) is 17.9 Å². The third-order valence-corrected chi connectivity index (χ3v) is 2.58. The highest BCUT2D eigenvalue weighted by Crippen LogP contribution is 2.16. The van der Waals surface area contributed by atoms with Crippen molar-refractivity contribution < 1.29 is 14.6 Å². The number of hydrogen-bond acceptors (Lipinski definition) is 4. The van der Waals surface area contributed by atoms with Gasteiger partial charge < -0.3 is 14.7 Å². The number of ether oxygens (including phenoxy) is 1. The van der Waals surface area contributed by atoms with Gasteiger partial charge in [-0.1, -0.05) is 0 Å². The standard InChI is InChI=1S/C15H24N2O3/c1-6-17(10-15(4,5)19)14(18)12-7-13(9-16-8-12)20-11(2)3/h7-9,11,19H,6,10H2,1-5H3. The molecule has 1 amide bonds. The minimum atomic E-state index is -0.925. The van der Waals surface area contributed by atoms with E-state index in [1.54, 1.807) is 31.0 Å². The van der Waals surface area contributed by atoms with Gasteiger partial charge >= 0.3 is 0 Å². The highest BCUT2D eigenvalue weighted by Gasteiger charge is 2.22. The van der Waals surface area contributed by atoms with E-state index in [9.17, 15) is 9.90 Å². The first kappa shape index (κ1) is 16.4. The monoisotopic (exact) mass is 280 g/mol. The fourth-order valence-corrected chi connectivity index (χ4v) is 1.85. The van der Waals surface area contributed by atoms with Crippen LogP contribution >= 0.6 is 0 Å².